The molecule has 0 aromatic heterocycles. The molecule has 2 aliphatic heterocycles. The van der Waals surface area contributed by atoms with Crippen molar-refractivity contribution in [2.45, 2.75) is 37.8 Å². The molecule has 2 fully saturated rings. The summed E-state index contributed by atoms with van der Waals surface area (Å²) in [6.07, 6.45) is 2.40. The lowest BCUT2D eigenvalue weighted by molar-refractivity contribution is -0.132. The van der Waals surface area contributed by atoms with Crippen molar-refractivity contribution in [3.63, 3.8) is 0 Å². The highest BCUT2D eigenvalue weighted by Crippen LogP contribution is 2.32. The van der Waals surface area contributed by atoms with E-state index in [0.717, 1.165) is 18.4 Å². The lowest BCUT2D eigenvalue weighted by Gasteiger charge is -2.26. The van der Waals surface area contributed by atoms with Crippen LogP contribution in [0.5, 0.6) is 0 Å². The Kier molecular flexibility index (Phi) is 3.68. The number of hydrogen-bond donors (Lipinski definition) is 1. The highest BCUT2D eigenvalue weighted by Gasteiger charge is 2.51. The van der Waals surface area contributed by atoms with Gasteiger partial charge in [0.05, 0.1) is 12.6 Å². The summed E-state index contributed by atoms with van der Waals surface area (Å²) in [6, 6.07) is 9.12. The van der Waals surface area contributed by atoms with Gasteiger partial charge in [0.25, 0.3) is 5.91 Å². The fourth-order valence-electron chi connectivity index (χ4n) is 3.15. The smallest absolute Gasteiger partial charge is 0.325 e. The Morgan fingerprint density at radius 1 is 1.33 bits per heavy atom. The third kappa shape index (κ3) is 2.31. The zero-order valence-corrected chi connectivity index (χ0v) is 12.2. The number of carbonyl (C=O) groups is 2. The number of urea groups is 1. The van der Waals surface area contributed by atoms with Crippen molar-refractivity contribution in [1.29, 1.82) is 0 Å². The Balaban J connectivity index is 1.87. The highest BCUT2D eigenvalue weighted by molar-refractivity contribution is 6.07. The van der Waals surface area contributed by atoms with Crippen LogP contribution in [0.4, 0.5) is 4.79 Å². The van der Waals surface area contributed by atoms with Crippen LogP contribution in [0.15, 0.2) is 30.3 Å². The monoisotopic (exact) mass is 288 g/mol. The van der Waals surface area contributed by atoms with Gasteiger partial charge in [-0.05, 0) is 24.8 Å². The zero-order valence-electron chi connectivity index (χ0n) is 12.2. The van der Waals surface area contributed by atoms with E-state index in [9.17, 15) is 9.59 Å². The molecule has 3 rings (SSSR count). The first-order valence-electron chi connectivity index (χ1n) is 7.48. The lowest BCUT2D eigenvalue weighted by Crippen LogP contribution is -2.44. The minimum absolute atomic E-state index is 0.0249. The normalized spacial score (nSPS) is 29.0. The summed E-state index contributed by atoms with van der Waals surface area (Å²) in [7, 11) is 0. The van der Waals surface area contributed by atoms with E-state index < -0.39 is 5.54 Å². The summed E-state index contributed by atoms with van der Waals surface area (Å²) < 4.78 is 5.55. The second-order valence-electron chi connectivity index (χ2n) is 5.61. The maximum absolute atomic E-state index is 12.8. The van der Waals surface area contributed by atoms with E-state index in [1.54, 1.807) is 0 Å². The standard InChI is InChI=1S/C16H20N2O3/c1-2-16(12-7-4-3-5-8-12)14(19)18(15(20)17-16)11-13-9-6-10-21-13/h3-5,7-8,13H,2,6,9-11H2,1H3,(H,17,20)/t13-,16+/m1/s1. The van der Waals surface area contributed by atoms with Gasteiger partial charge in [-0.2, -0.15) is 0 Å². The minimum atomic E-state index is -0.934. The number of hydrogen-bond acceptors (Lipinski definition) is 3. The van der Waals surface area contributed by atoms with Crippen molar-refractivity contribution >= 4 is 11.9 Å². The number of ether oxygens (including phenoxy) is 1. The molecule has 2 aliphatic rings. The molecular weight excluding hydrogens is 268 g/mol. The number of nitrogens with one attached hydrogen (secondary N) is 1. The molecule has 0 radical (unpaired) electrons. The number of amides is 3. The fraction of sp³-hybridized carbons (Fsp3) is 0.500. The lowest BCUT2D eigenvalue weighted by atomic mass is 9.87. The Bertz CT molecular complexity index is 540. The predicted molar refractivity (Wildman–Crippen MR) is 77.6 cm³/mol. The molecule has 0 bridgehead atoms. The SMILES string of the molecule is CC[C@@]1(c2ccccc2)NC(=O)N(C[C@H]2CCCO2)C1=O. The highest BCUT2D eigenvalue weighted by atomic mass is 16.5. The van der Waals surface area contributed by atoms with Gasteiger partial charge in [-0.25, -0.2) is 4.79 Å². The second-order valence-corrected chi connectivity index (χ2v) is 5.61. The summed E-state index contributed by atoms with van der Waals surface area (Å²) in [5.41, 5.74) is -0.0996. The van der Waals surface area contributed by atoms with E-state index in [-0.39, 0.29) is 18.0 Å². The van der Waals surface area contributed by atoms with Gasteiger partial charge < -0.3 is 10.1 Å². The van der Waals surface area contributed by atoms with E-state index in [2.05, 4.69) is 5.32 Å². The molecule has 112 valence electrons. The molecule has 2 saturated heterocycles. The molecule has 5 nitrogen and oxygen atoms in total. The molecule has 0 unspecified atom stereocenters. The number of benzene rings is 1. The van der Waals surface area contributed by atoms with Crippen LogP contribution in [0.2, 0.25) is 0 Å². The average molecular weight is 288 g/mol. The van der Waals surface area contributed by atoms with Crippen LogP contribution >= 0.6 is 0 Å². The molecule has 0 saturated carbocycles. The van der Waals surface area contributed by atoms with Crippen molar-refractivity contribution < 1.29 is 14.3 Å². The van der Waals surface area contributed by atoms with Gasteiger partial charge >= 0.3 is 6.03 Å². The van der Waals surface area contributed by atoms with Crippen LogP contribution in [-0.4, -0.2) is 36.1 Å². The van der Waals surface area contributed by atoms with Crippen molar-refractivity contribution in [3.05, 3.63) is 35.9 Å². The first-order chi connectivity index (χ1) is 10.2. The predicted octanol–water partition coefficient (Wildman–Crippen LogP) is 2.02. The molecule has 1 N–H and O–H groups in total. The van der Waals surface area contributed by atoms with Gasteiger partial charge in [-0.1, -0.05) is 37.3 Å². The van der Waals surface area contributed by atoms with Crippen LogP contribution in [0.3, 0.4) is 0 Å². The van der Waals surface area contributed by atoms with Crippen molar-refractivity contribution in [3.8, 4) is 0 Å². The summed E-state index contributed by atoms with van der Waals surface area (Å²) in [5, 5.41) is 2.89. The van der Waals surface area contributed by atoms with Crippen molar-refractivity contribution in [2.24, 2.45) is 0 Å². The molecule has 0 spiro atoms. The molecule has 3 amide bonds. The van der Waals surface area contributed by atoms with Gasteiger partial charge in [-0.15, -0.1) is 0 Å². The summed E-state index contributed by atoms with van der Waals surface area (Å²) in [4.78, 5) is 26.4. The Morgan fingerprint density at radius 2 is 2.10 bits per heavy atom. The van der Waals surface area contributed by atoms with Crippen molar-refractivity contribution in [2.75, 3.05) is 13.2 Å². The van der Waals surface area contributed by atoms with Crippen molar-refractivity contribution in [1.82, 2.24) is 10.2 Å². The van der Waals surface area contributed by atoms with Gasteiger partial charge in [-0.3, -0.25) is 9.69 Å². The summed E-state index contributed by atoms with van der Waals surface area (Å²) in [5.74, 6) is -0.170. The number of imide groups is 1. The van der Waals surface area contributed by atoms with Crippen LogP contribution < -0.4 is 5.32 Å². The van der Waals surface area contributed by atoms with Crippen LogP contribution in [0.25, 0.3) is 0 Å². The molecule has 2 atom stereocenters. The Labute approximate surface area is 124 Å². The molecule has 21 heavy (non-hydrogen) atoms. The maximum atomic E-state index is 12.8. The van der Waals surface area contributed by atoms with Gasteiger partial charge in [0.1, 0.15) is 5.54 Å². The second kappa shape index (κ2) is 5.48. The number of nitrogens with zero attached hydrogens (tertiary/aromatic N) is 1. The van der Waals surface area contributed by atoms with Gasteiger partial charge in [0.2, 0.25) is 0 Å². The maximum Gasteiger partial charge on any atom is 0.325 e. The first kappa shape index (κ1) is 14.1. The molecule has 2 heterocycles. The summed E-state index contributed by atoms with van der Waals surface area (Å²) >= 11 is 0. The largest absolute Gasteiger partial charge is 0.376 e. The van der Waals surface area contributed by atoms with E-state index >= 15 is 0 Å². The fourth-order valence-corrected chi connectivity index (χ4v) is 3.15. The van der Waals surface area contributed by atoms with E-state index in [0.29, 0.717) is 19.6 Å². The van der Waals surface area contributed by atoms with E-state index in [1.807, 2.05) is 37.3 Å². The molecule has 0 aliphatic carbocycles. The molecule has 5 heteroatoms. The number of carbonyl (C=O) groups excluding carboxylic acids is 2. The first-order valence-corrected chi connectivity index (χ1v) is 7.48. The van der Waals surface area contributed by atoms with E-state index in [4.69, 9.17) is 4.74 Å². The third-order valence-electron chi connectivity index (χ3n) is 4.38. The topological polar surface area (TPSA) is 58.6 Å². The minimum Gasteiger partial charge on any atom is -0.376 e. The van der Waals surface area contributed by atoms with Crippen LogP contribution in [-0.2, 0) is 15.1 Å². The van der Waals surface area contributed by atoms with Gasteiger partial charge in [0, 0.05) is 6.61 Å². The average Bonchev–Trinajstić information content (AvgIpc) is 3.11. The molecule has 1 aromatic carbocycles. The zero-order chi connectivity index (χ0) is 14.9. The third-order valence-corrected chi connectivity index (χ3v) is 4.38. The number of rotatable bonds is 4. The Hall–Kier alpha value is -1.88. The van der Waals surface area contributed by atoms with E-state index in [1.165, 1.54) is 4.90 Å². The van der Waals surface area contributed by atoms with Crippen LogP contribution in [0.1, 0.15) is 31.7 Å². The van der Waals surface area contributed by atoms with Crippen LogP contribution in [0, 0.1) is 0 Å². The molecule has 1 aromatic rings. The van der Waals surface area contributed by atoms with Gasteiger partial charge in [0.15, 0.2) is 0 Å². The molecular formula is C16H20N2O3. The summed E-state index contributed by atoms with van der Waals surface area (Å²) in [6.45, 7) is 2.98. The Morgan fingerprint density at radius 3 is 2.71 bits per heavy atom. The quantitative estimate of drug-likeness (QED) is 0.862.